The smallest absolute Gasteiger partial charge is 0.0704 e. The van der Waals surface area contributed by atoms with Crippen molar-refractivity contribution < 1.29 is 0 Å². The van der Waals surface area contributed by atoms with E-state index in [1.54, 1.807) is 0 Å². The molecule has 1 unspecified atom stereocenters. The molecule has 3 heteroatoms. The summed E-state index contributed by atoms with van der Waals surface area (Å²) in [5.74, 6) is 0. The lowest BCUT2D eigenvalue weighted by Gasteiger charge is -2.08. The number of rotatable bonds is 5. The first-order valence-electron chi connectivity index (χ1n) is 7.57. The van der Waals surface area contributed by atoms with Gasteiger partial charge in [-0.05, 0) is 59.4 Å². The summed E-state index contributed by atoms with van der Waals surface area (Å²) in [5.41, 5.74) is 5.89. The minimum Gasteiger partial charge on any atom is -0.265 e. The molecule has 0 aliphatic rings. The van der Waals surface area contributed by atoms with Gasteiger partial charge in [0.1, 0.15) is 0 Å². The summed E-state index contributed by atoms with van der Waals surface area (Å²) in [6.45, 7) is 6.32. The van der Waals surface area contributed by atoms with Gasteiger partial charge in [-0.1, -0.05) is 39.4 Å². The Morgan fingerprint density at radius 3 is 2.43 bits per heavy atom. The maximum absolute atomic E-state index is 4.43. The van der Waals surface area contributed by atoms with Crippen molar-refractivity contribution >= 4 is 13.9 Å². The average Bonchev–Trinajstić information content (AvgIpc) is 2.61. The van der Waals surface area contributed by atoms with Crippen molar-refractivity contribution in [1.29, 1.82) is 0 Å². The first kappa shape index (κ1) is 15.6. The third-order valence-electron chi connectivity index (χ3n) is 3.70. The monoisotopic (exact) mass is 318 g/mol. The largest absolute Gasteiger partial charge is 0.265 e. The molecular formula is C20H19N2P. The molecule has 2 nitrogen and oxygen atoms in total. The molecule has 0 bridgehead atoms. The van der Waals surface area contributed by atoms with Crippen LogP contribution < -0.4 is 0 Å². The quantitative estimate of drug-likeness (QED) is 0.596. The van der Waals surface area contributed by atoms with Crippen LogP contribution in [0.5, 0.6) is 0 Å². The maximum atomic E-state index is 4.43. The third kappa shape index (κ3) is 4.12. The van der Waals surface area contributed by atoms with Gasteiger partial charge in [-0.2, -0.15) is 0 Å². The number of hydrogen-bond donors (Lipinski definition) is 0. The van der Waals surface area contributed by atoms with Crippen LogP contribution in [0.1, 0.15) is 16.7 Å². The van der Waals surface area contributed by atoms with Crippen LogP contribution in [0.25, 0.3) is 16.6 Å². The lowest BCUT2D eigenvalue weighted by Crippen LogP contribution is -1.85. The number of pyridine rings is 2. The molecule has 0 aliphatic carbocycles. The molecule has 1 atom stereocenters. The SMILES string of the molecule is C=C(PCc1ccncc1)c1ccc(-c2cc(C)ccn2)cc1. The predicted octanol–water partition coefficient (Wildman–Crippen LogP) is 5.30. The zero-order valence-electron chi connectivity index (χ0n) is 13.2. The van der Waals surface area contributed by atoms with Crippen molar-refractivity contribution in [1.82, 2.24) is 9.97 Å². The van der Waals surface area contributed by atoms with E-state index < -0.39 is 0 Å². The van der Waals surface area contributed by atoms with Crippen molar-refractivity contribution in [2.75, 3.05) is 0 Å². The molecule has 2 heterocycles. The van der Waals surface area contributed by atoms with Crippen LogP contribution >= 0.6 is 8.58 Å². The fourth-order valence-electron chi connectivity index (χ4n) is 2.35. The van der Waals surface area contributed by atoms with Gasteiger partial charge < -0.3 is 0 Å². The lowest BCUT2D eigenvalue weighted by atomic mass is 10.1. The van der Waals surface area contributed by atoms with Crippen molar-refractivity contribution in [3.8, 4) is 11.3 Å². The molecule has 0 N–H and O–H groups in total. The summed E-state index contributed by atoms with van der Waals surface area (Å²) in [7, 11) is 0.684. The maximum Gasteiger partial charge on any atom is 0.0704 e. The summed E-state index contributed by atoms with van der Waals surface area (Å²) >= 11 is 0. The number of aryl methyl sites for hydroxylation is 1. The Morgan fingerprint density at radius 2 is 1.74 bits per heavy atom. The van der Waals surface area contributed by atoms with E-state index in [0.717, 1.165) is 17.4 Å². The second kappa shape index (κ2) is 7.30. The molecule has 0 saturated heterocycles. The zero-order valence-corrected chi connectivity index (χ0v) is 14.2. The van der Waals surface area contributed by atoms with Crippen molar-refractivity contribution in [2.24, 2.45) is 0 Å². The van der Waals surface area contributed by atoms with Crippen LogP contribution in [0.3, 0.4) is 0 Å². The van der Waals surface area contributed by atoms with Crippen molar-refractivity contribution in [3.05, 3.63) is 90.4 Å². The number of benzene rings is 1. The second-order valence-electron chi connectivity index (χ2n) is 5.48. The van der Waals surface area contributed by atoms with Crippen LogP contribution in [-0.2, 0) is 6.16 Å². The average molecular weight is 318 g/mol. The molecule has 0 amide bonds. The Balaban J connectivity index is 1.68. The molecule has 1 aromatic carbocycles. The van der Waals surface area contributed by atoms with Gasteiger partial charge in [-0.15, -0.1) is 0 Å². The highest BCUT2D eigenvalue weighted by molar-refractivity contribution is 7.49. The van der Waals surface area contributed by atoms with E-state index in [2.05, 4.69) is 65.9 Å². The molecule has 3 aromatic rings. The molecule has 2 aromatic heterocycles. The Bertz CT molecular complexity index is 795. The van der Waals surface area contributed by atoms with Gasteiger partial charge in [0.15, 0.2) is 0 Å². The third-order valence-corrected chi connectivity index (χ3v) is 5.00. The van der Waals surface area contributed by atoms with Gasteiger partial charge in [0.2, 0.25) is 0 Å². The Kier molecular flexibility index (Phi) is 4.95. The standard InChI is InChI=1S/C20H19N2P/c1-15-7-12-22-20(13-15)19-5-3-18(4-6-19)16(2)23-14-17-8-10-21-11-9-17/h3-13,23H,2,14H2,1H3. The van der Waals surface area contributed by atoms with Crippen molar-refractivity contribution in [2.45, 2.75) is 13.1 Å². The lowest BCUT2D eigenvalue weighted by molar-refractivity contribution is 1.27. The van der Waals surface area contributed by atoms with Crippen LogP contribution in [0.15, 0.2) is 73.7 Å². The highest BCUT2D eigenvalue weighted by Gasteiger charge is 2.03. The molecule has 0 spiro atoms. The Labute approximate surface area is 139 Å². The summed E-state index contributed by atoms with van der Waals surface area (Å²) < 4.78 is 0. The van der Waals surface area contributed by atoms with E-state index in [1.807, 2.05) is 24.7 Å². The predicted molar refractivity (Wildman–Crippen MR) is 99.7 cm³/mol. The van der Waals surface area contributed by atoms with Crippen LogP contribution in [0.4, 0.5) is 0 Å². The number of hydrogen-bond acceptors (Lipinski definition) is 2. The van der Waals surface area contributed by atoms with E-state index in [1.165, 1.54) is 22.0 Å². The topological polar surface area (TPSA) is 25.8 Å². The van der Waals surface area contributed by atoms with Crippen LogP contribution in [0.2, 0.25) is 0 Å². The molecule has 0 aliphatic heterocycles. The van der Waals surface area contributed by atoms with E-state index in [9.17, 15) is 0 Å². The van der Waals surface area contributed by atoms with E-state index in [-0.39, 0.29) is 0 Å². The van der Waals surface area contributed by atoms with Gasteiger partial charge >= 0.3 is 0 Å². The molecule has 0 radical (unpaired) electrons. The molecule has 0 fully saturated rings. The van der Waals surface area contributed by atoms with Crippen molar-refractivity contribution in [3.63, 3.8) is 0 Å². The van der Waals surface area contributed by atoms with Gasteiger partial charge in [0.05, 0.1) is 5.69 Å². The summed E-state index contributed by atoms with van der Waals surface area (Å²) in [5, 5.41) is 1.19. The minimum atomic E-state index is 0.684. The van der Waals surface area contributed by atoms with E-state index in [0.29, 0.717) is 8.58 Å². The normalized spacial score (nSPS) is 11.0. The number of nitrogens with zero attached hydrogens (tertiary/aromatic N) is 2. The zero-order chi connectivity index (χ0) is 16.1. The van der Waals surface area contributed by atoms with Crippen LogP contribution in [-0.4, -0.2) is 9.97 Å². The van der Waals surface area contributed by atoms with E-state index in [4.69, 9.17) is 0 Å². The summed E-state index contributed by atoms with van der Waals surface area (Å²) in [4.78, 5) is 8.48. The molecule has 23 heavy (non-hydrogen) atoms. The fraction of sp³-hybridized carbons (Fsp3) is 0.100. The molecule has 3 rings (SSSR count). The van der Waals surface area contributed by atoms with Gasteiger partial charge in [0, 0.05) is 24.2 Å². The van der Waals surface area contributed by atoms with Gasteiger partial charge in [-0.3, -0.25) is 9.97 Å². The first-order valence-corrected chi connectivity index (χ1v) is 8.78. The fourth-order valence-corrected chi connectivity index (χ4v) is 3.37. The van der Waals surface area contributed by atoms with Gasteiger partial charge in [0.25, 0.3) is 0 Å². The highest BCUT2D eigenvalue weighted by atomic mass is 31.1. The summed E-state index contributed by atoms with van der Waals surface area (Å²) in [6.07, 6.45) is 6.55. The summed E-state index contributed by atoms with van der Waals surface area (Å²) in [6, 6.07) is 16.8. The Morgan fingerprint density at radius 1 is 1.00 bits per heavy atom. The van der Waals surface area contributed by atoms with Gasteiger partial charge in [-0.25, -0.2) is 0 Å². The van der Waals surface area contributed by atoms with Crippen LogP contribution in [0, 0.1) is 6.92 Å². The minimum absolute atomic E-state index is 0.684. The number of aromatic nitrogens is 2. The first-order chi connectivity index (χ1) is 11.2. The molecular weight excluding hydrogens is 299 g/mol. The van der Waals surface area contributed by atoms with E-state index >= 15 is 0 Å². The Hall–Kier alpha value is -2.31. The highest BCUT2D eigenvalue weighted by Crippen LogP contribution is 2.35. The molecule has 0 saturated carbocycles. The second-order valence-corrected chi connectivity index (χ2v) is 6.79. The molecule has 114 valence electrons.